The number of halogens is 1. The fraction of sp³-hybridized carbons (Fsp3) is 0.391. The number of guanidine groups is 1. The van der Waals surface area contributed by atoms with Gasteiger partial charge in [0.15, 0.2) is 5.96 Å². The van der Waals surface area contributed by atoms with Crippen molar-refractivity contribution in [2.45, 2.75) is 39.3 Å². The lowest BCUT2D eigenvalue weighted by Crippen LogP contribution is -2.27. The second-order valence-corrected chi connectivity index (χ2v) is 6.88. The van der Waals surface area contributed by atoms with Crippen LogP contribution in [0.5, 0.6) is 5.75 Å². The lowest BCUT2D eigenvalue weighted by Gasteiger charge is -2.15. The van der Waals surface area contributed by atoms with Crippen LogP contribution in [0.2, 0.25) is 0 Å². The van der Waals surface area contributed by atoms with Crippen LogP contribution in [-0.2, 0) is 16.1 Å². The fourth-order valence-corrected chi connectivity index (χ4v) is 2.96. The number of anilines is 1. The zero-order valence-corrected chi connectivity index (χ0v) is 20.7. The molecule has 0 aliphatic heterocycles. The second-order valence-electron chi connectivity index (χ2n) is 6.88. The van der Waals surface area contributed by atoms with Crippen molar-refractivity contribution in [1.82, 2.24) is 5.32 Å². The van der Waals surface area contributed by atoms with Crippen LogP contribution in [0.1, 0.15) is 43.9 Å². The molecule has 1 amide bonds. The molecule has 0 spiro atoms. The van der Waals surface area contributed by atoms with Crippen LogP contribution in [0, 0.1) is 0 Å². The molecule has 0 aliphatic carbocycles. The molecule has 170 valence electrons. The molecule has 1 atom stereocenters. The van der Waals surface area contributed by atoms with Gasteiger partial charge in [-0.1, -0.05) is 30.3 Å². The molecule has 0 radical (unpaired) electrons. The minimum atomic E-state index is -0.0688. The van der Waals surface area contributed by atoms with Crippen LogP contribution in [0.3, 0.4) is 0 Å². The summed E-state index contributed by atoms with van der Waals surface area (Å²) in [5, 5.41) is 6.10. The number of aliphatic imine (C=N–C) groups is 1. The summed E-state index contributed by atoms with van der Waals surface area (Å²) >= 11 is 0. The van der Waals surface area contributed by atoms with Gasteiger partial charge in [-0.05, 0) is 44.0 Å². The number of methoxy groups -OCH3 is 1. The Hall–Kier alpha value is -2.33. The van der Waals surface area contributed by atoms with E-state index in [0.29, 0.717) is 38.6 Å². The number of carbonyl (C=O) groups excluding carboxylic acids is 1. The molecular formula is C23H33IN4O3. The van der Waals surface area contributed by atoms with Crippen molar-refractivity contribution < 1.29 is 14.3 Å². The smallest absolute Gasteiger partial charge is 0.220 e. The summed E-state index contributed by atoms with van der Waals surface area (Å²) < 4.78 is 10.6. The van der Waals surface area contributed by atoms with E-state index < -0.39 is 0 Å². The van der Waals surface area contributed by atoms with E-state index in [-0.39, 0.29) is 35.9 Å². The molecule has 0 aliphatic rings. The second kappa shape index (κ2) is 14.6. The number of amides is 1. The third-order valence-corrected chi connectivity index (χ3v) is 4.49. The van der Waals surface area contributed by atoms with Gasteiger partial charge in [-0.3, -0.25) is 9.79 Å². The van der Waals surface area contributed by atoms with Gasteiger partial charge >= 0.3 is 0 Å². The molecule has 0 saturated heterocycles. The first-order chi connectivity index (χ1) is 14.5. The van der Waals surface area contributed by atoms with Gasteiger partial charge in [0.1, 0.15) is 5.75 Å². The normalized spacial score (nSPS) is 11.9. The minimum Gasteiger partial charge on any atom is -0.494 e. The van der Waals surface area contributed by atoms with Gasteiger partial charge in [0.25, 0.3) is 0 Å². The predicted octanol–water partition coefficient (Wildman–Crippen LogP) is 4.23. The van der Waals surface area contributed by atoms with E-state index >= 15 is 0 Å². The summed E-state index contributed by atoms with van der Waals surface area (Å²) in [6, 6.07) is 15.4. The molecular weight excluding hydrogens is 507 g/mol. The zero-order chi connectivity index (χ0) is 21.8. The van der Waals surface area contributed by atoms with E-state index in [2.05, 4.69) is 15.6 Å². The van der Waals surface area contributed by atoms with Gasteiger partial charge in [-0.2, -0.15) is 0 Å². The average molecular weight is 540 g/mol. The van der Waals surface area contributed by atoms with E-state index in [4.69, 9.17) is 15.2 Å². The highest BCUT2D eigenvalue weighted by Gasteiger charge is 2.09. The molecule has 2 aromatic carbocycles. The molecule has 0 bridgehead atoms. The van der Waals surface area contributed by atoms with Crippen LogP contribution in [0.15, 0.2) is 53.5 Å². The molecule has 31 heavy (non-hydrogen) atoms. The number of nitrogens with zero attached hydrogens (tertiary/aromatic N) is 1. The van der Waals surface area contributed by atoms with Crippen molar-refractivity contribution in [2.75, 3.05) is 25.6 Å². The molecule has 2 aromatic rings. The molecule has 2 rings (SSSR count). The first-order valence-electron chi connectivity index (χ1n) is 10.2. The van der Waals surface area contributed by atoms with Crippen molar-refractivity contribution in [3.63, 3.8) is 0 Å². The van der Waals surface area contributed by atoms with Crippen LogP contribution in [-0.4, -0.2) is 32.1 Å². The number of carbonyl (C=O) groups is 1. The number of hydrogen-bond donors (Lipinski definition) is 3. The van der Waals surface area contributed by atoms with Crippen molar-refractivity contribution in [3.05, 3.63) is 59.7 Å². The number of hydrogen-bond acceptors (Lipinski definition) is 4. The SMILES string of the molecule is CCOc1ccc(C(C)NC(=O)CCCN=C(N)Nc2ccccc2COC)cc1.I. The fourth-order valence-electron chi connectivity index (χ4n) is 2.96. The Labute approximate surface area is 201 Å². The Kier molecular flexibility index (Phi) is 12.6. The first kappa shape index (κ1) is 26.7. The topological polar surface area (TPSA) is 98.0 Å². The number of rotatable bonds is 11. The molecule has 1 unspecified atom stereocenters. The lowest BCUT2D eigenvalue weighted by atomic mass is 10.1. The number of ether oxygens (including phenoxy) is 2. The van der Waals surface area contributed by atoms with Gasteiger partial charge in [-0.15, -0.1) is 24.0 Å². The monoisotopic (exact) mass is 540 g/mol. The maximum atomic E-state index is 12.2. The molecule has 0 heterocycles. The van der Waals surface area contributed by atoms with Crippen LogP contribution >= 0.6 is 24.0 Å². The molecule has 4 N–H and O–H groups in total. The Morgan fingerprint density at radius 3 is 2.55 bits per heavy atom. The minimum absolute atomic E-state index is 0. The molecule has 0 aromatic heterocycles. The quantitative estimate of drug-likeness (QED) is 0.172. The largest absolute Gasteiger partial charge is 0.494 e. The summed E-state index contributed by atoms with van der Waals surface area (Å²) in [6.45, 7) is 5.50. The van der Waals surface area contributed by atoms with Gasteiger partial charge in [0.05, 0.1) is 19.3 Å². The van der Waals surface area contributed by atoms with E-state index in [0.717, 1.165) is 22.6 Å². The molecule has 0 fully saturated rings. The van der Waals surface area contributed by atoms with E-state index in [1.54, 1.807) is 7.11 Å². The molecule has 8 heteroatoms. The number of nitrogens with one attached hydrogen (secondary N) is 2. The molecule has 7 nitrogen and oxygen atoms in total. The van der Waals surface area contributed by atoms with Crippen molar-refractivity contribution >= 4 is 41.5 Å². The van der Waals surface area contributed by atoms with Gasteiger partial charge in [-0.25, -0.2) is 0 Å². The summed E-state index contributed by atoms with van der Waals surface area (Å²) in [5.41, 5.74) is 8.86. The van der Waals surface area contributed by atoms with E-state index in [1.165, 1.54) is 0 Å². The summed E-state index contributed by atoms with van der Waals surface area (Å²) in [5.74, 6) is 1.14. The molecule has 0 saturated carbocycles. The third kappa shape index (κ3) is 9.56. The Morgan fingerprint density at radius 2 is 1.87 bits per heavy atom. The highest BCUT2D eigenvalue weighted by atomic mass is 127. The number of nitrogens with two attached hydrogens (primary N) is 1. The van der Waals surface area contributed by atoms with Crippen molar-refractivity contribution in [2.24, 2.45) is 10.7 Å². The van der Waals surface area contributed by atoms with Crippen LogP contribution in [0.25, 0.3) is 0 Å². The van der Waals surface area contributed by atoms with Crippen LogP contribution < -0.4 is 21.1 Å². The Morgan fingerprint density at radius 1 is 1.16 bits per heavy atom. The summed E-state index contributed by atoms with van der Waals surface area (Å²) in [4.78, 5) is 16.5. The zero-order valence-electron chi connectivity index (χ0n) is 18.4. The highest BCUT2D eigenvalue weighted by molar-refractivity contribution is 14.0. The van der Waals surface area contributed by atoms with Crippen molar-refractivity contribution in [3.8, 4) is 5.75 Å². The number of benzene rings is 2. The van der Waals surface area contributed by atoms with Gasteiger partial charge < -0.3 is 25.8 Å². The standard InChI is InChI=1S/C23H32N4O3.HI/c1-4-30-20-13-11-18(12-14-20)17(2)26-22(28)10-7-15-25-23(24)27-21-9-6-5-8-19(21)16-29-3;/h5-6,8-9,11-14,17H,4,7,10,15-16H2,1-3H3,(H,26,28)(H3,24,25,27);1H. The Bertz CT molecular complexity index is 828. The van der Waals surface area contributed by atoms with Crippen LogP contribution in [0.4, 0.5) is 5.69 Å². The average Bonchev–Trinajstić information content (AvgIpc) is 2.73. The first-order valence-corrected chi connectivity index (χ1v) is 10.2. The maximum absolute atomic E-state index is 12.2. The maximum Gasteiger partial charge on any atom is 0.220 e. The third-order valence-electron chi connectivity index (χ3n) is 4.49. The Balaban J connectivity index is 0.00000480. The highest BCUT2D eigenvalue weighted by Crippen LogP contribution is 2.18. The van der Waals surface area contributed by atoms with Crippen molar-refractivity contribution in [1.29, 1.82) is 0 Å². The number of para-hydroxylation sites is 1. The van der Waals surface area contributed by atoms with Gasteiger partial charge in [0.2, 0.25) is 5.91 Å². The summed E-state index contributed by atoms with van der Waals surface area (Å²) in [6.07, 6.45) is 1.00. The van der Waals surface area contributed by atoms with E-state index in [9.17, 15) is 4.79 Å². The lowest BCUT2D eigenvalue weighted by molar-refractivity contribution is -0.121. The van der Waals surface area contributed by atoms with E-state index in [1.807, 2.05) is 62.4 Å². The predicted molar refractivity (Wildman–Crippen MR) is 136 cm³/mol. The van der Waals surface area contributed by atoms with Gasteiger partial charge in [0, 0.05) is 31.3 Å². The summed E-state index contributed by atoms with van der Waals surface area (Å²) in [7, 11) is 1.65.